The Labute approximate surface area is 131 Å². The molecule has 3 atom stereocenters. The van der Waals surface area contributed by atoms with Crippen LogP contribution in [0.5, 0.6) is 0 Å². The Morgan fingerprint density at radius 2 is 2.33 bits per heavy atom. The average Bonchev–Trinajstić information content (AvgIpc) is 2.94. The Kier molecular flexibility index (Phi) is 5.11. The second-order valence-electron chi connectivity index (χ2n) is 6.53. The van der Waals surface area contributed by atoms with Crippen LogP contribution in [-0.2, 0) is 4.74 Å². The quantitative estimate of drug-likeness (QED) is 0.788. The summed E-state index contributed by atoms with van der Waals surface area (Å²) in [7, 11) is 0. The van der Waals surface area contributed by atoms with E-state index < -0.39 is 0 Å². The smallest absolute Gasteiger partial charge is 0.315 e. The van der Waals surface area contributed by atoms with Crippen LogP contribution in [0, 0.1) is 5.92 Å². The van der Waals surface area contributed by atoms with Gasteiger partial charge in [-0.2, -0.15) is 11.8 Å². The molecule has 2 fully saturated rings. The molecule has 2 aliphatic heterocycles. The van der Waals surface area contributed by atoms with Gasteiger partial charge in [-0.3, -0.25) is 0 Å². The Bertz CT molecular complexity index is 394. The fourth-order valence-corrected chi connectivity index (χ4v) is 4.91. The lowest BCUT2D eigenvalue weighted by atomic mass is 9.90. The fraction of sp³-hybridized carbons (Fsp3) is 0.812. The van der Waals surface area contributed by atoms with E-state index in [2.05, 4.69) is 22.8 Å². The lowest BCUT2D eigenvalue weighted by molar-refractivity contribution is -0.0684. The lowest BCUT2D eigenvalue weighted by Crippen LogP contribution is -2.51. The van der Waals surface area contributed by atoms with E-state index in [1.165, 1.54) is 12.2 Å². The molecule has 3 unspecified atom stereocenters. The van der Waals surface area contributed by atoms with Crippen molar-refractivity contribution in [2.75, 3.05) is 24.7 Å². The summed E-state index contributed by atoms with van der Waals surface area (Å²) in [5.74, 6) is 2.88. The zero-order chi connectivity index (χ0) is 14.5. The molecule has 0 aromatic carbocycles. The largest absolute Gasteiger partial charge is 0.374 e. The van der Waals surface area contributed by atoms with E-state index in [0.717, 1.165) is 51.0 Å². The van der Waals surface area contributed by atoms with Gasteiger partial charge in [0.25, 0.3) is 0 Å². The molecule has 2 N–H and O–H groups in total. The summed E-state index contributed by atoms with van der Waals surface area (Å²) in [6, 6.07) is 0.265. The summed E-state index contributed by atoms with van der Waals surface area (Å²) in [4.78, 5) is 12.1. The topological polar surface area (TPSA) is 50.4 Å². The van der Waals surface area contributed by atoms with Gasteiger partial charge < -0.3 is 15.4 Å². The van der Waals surface area contributed by atoms with Crippen molar-refractivity contribution in [1.82, 2.24) is 10.6 Å². The maximum absolute atomic E-state index is 12.1. The van der Waals surface area contributed by atoms with Gasteiger partial charge in [-0.25, -0.2) is 4.79 Å². The first-order valence-electron chi connectivity index (χ1n) is 8.17. The Balaban J connectivity index is 1.40. The Hall–Kier alpha value is -0.680. The van der Waals surface area contributed by atoms with Gasteiger partial charge in [-0.1, -0.05) is 12.2 Å². The number of amides is 2. The first-order valence-corrected chi connectivity index (χ1v) is 9.32. The van der Waals surface area contributed by atoms with Crippen LogP contribution in [0.25, 0.3) is 0 Å². The third kappa shape index (κ3) is 4.16. The molecule has 2 saturated heterocycles. The van der Waals surface area contributed by atoms with Crippen molar-refractivity contribution < 1.29 is 9.53 Å². The number of carbonyl (C=O) groups is 1. The van der Waals surface area contributed by atoms with Crippen LogP contribution in [0.15, 0.2) is 12.2 Å². The van der Waals surface area contributed by atoms with Gasteiger partial charge in [0.15, 0.2) is 0 Å². The van der Waals surface area contributed by atoms with E-state index in [-0.39, 0.29) is 17.7 Å². The molecular formula is C16H26N2O2S. The van der Waals surface area contributed by atoms with Gasteiger partial charge in [0.1, 0.15) is 0 Å². The molecule has 3 rings (SSSR count). The molecule has 3 aliphatic rings. The van der Waals surface area contributed by atoms with Crippen LogP contribution in [0.4, 0.5) is 4.79 Å². The molecule has 0 aromatic heterocycles. The number of ether oxygens (including phenoxy) is 1. The first-order chi connectivity index (χ1) is 10.3. The molecule has 0 saturated carbocycles. The third-order valence-corrected chi connectivity index (χ3v) is 6.05. The maximum atomic E-state index is 12.1. The molecule has 21 heavy (non-hydrogen) atoms. The average molecular weight is 310 g/mol. The van der Waals surface area contributed by atoms with E-state index in [9.17, 15) is 4.79 Å². The number of hydrogen-bond acceptors (Lipinski definition) is 3. The molecule has 118 valence electrons. The minimum atomic E-state index is -0.00254. The zero-order valence-corrected chi connectivity index (χ0v) is 13.4. The second kappa shape index (κ2) is 7.05. The highest BCUT2D eigenvalue weighted by Crippen LogP contribution is 2.38. The van der Waals surface area contributed by atoms with Crippen LogP contribution < -0.4 is 10.6 Å². The van der Waals surface area contributed by atoms with E-state index in [1.807, 2.05) is 11.8 Å². The fourth-order valence-electron chi connectivity index (χ4n) is 3.53. The van der Waals surface area contributed by atoms with Gasteiger partial charge in [0.05, 0.1) is 5.60 Å². The van der Waals surface area contributed by atoms with Crippen molar-refractivity contribution >= 4 is 17.8 Å². The minimum Gasteiger partial charge on any atom is -0.374 e. The Morgan fingerprint density at radius 3 is 3.10 bits per heavy atom. The molecule has 2 amide bonds. The number of allylic oxidation sites excluding steroid dienone is 2. The first kappa shape index (κ1) is 15.2. The molecule has 0 radical (unpaired) electrons. The summed E-state index contributed by atoms with van der Waals surface area (Å²) < 4.78 is 5.99. The summed E-state index contributed by atoms with van der Waals surface area (Å²) in [6.45, 7) is 1.57. The van der Waals surface area contributed by atoms with Crippen molar-refractivity contribution in [3.63, 3.8) is 0 Å². The molecule has 1 aliphatic carbocycles. The number of thioether (sulfide) groups is 1. The highest BCUT2D eigenvalue weighted by molar-refractivity contribution is 7.99. The van der Waals surface area contributed by atoms with Gasteiger partial charge in [-0.15, -0.1) is 0 Å². The molecule has 0 bridgehead atoms. The molecule has 4 nitrogen and oxygen atoms in total. The molecule has 0 aromatic rings. The number of nitrogens with one attached hydrogen (secondary N) is 2. The van der Waals surface area contributed by atoms with Crippen molar-refractivity contribution in [3.05, 3.63) is 12.2 Å². The molecular weight excluding hydrogens is 284 g/mol. The summed E-state index contributed by atoms with van der Waals surface area (Å²) in [5.41, 5.74) is 0.0367. The van der Waals surface area contributed by atoms with Gasteiger partial charge in [0, 0.05) is 24.9 Å². The SMILES string of the molecule is O=C(NCC1CC=CCC1)NC1CCOC2(CCSC2)C1. The molecule has 5 heteroatoms. The standard InChI is InChI=1S/C16H26N2O2S/c19-15(17-11-13-4-2-1-3-5-13)18-14-6-8-20-16(10-14)7-9-21-12-16/h1-2,13-14H,3-12H2,(H2,17,18,19). The maximum Gasteiger partial charge on any atom is 0.315 e. The third-order valence-electron chi connectivity index (χ3n) is 4.82. The van der Waals surface area contributed by atoms with Crippen molar-refractivity contribution in [3.8, 4) is 0 Å². The van der Waals surface area contributed by atoms with Crippen LogP contribution >= 0.6 is 11.8 Å². The molecule has 1 spiro atoms. The van der Waals surface area contributed by atoms with Crippen LogP contribution in [-0.4, -0.2) is 42.3 Å². The van der Waals surface area contributed by atoms with Crippen LogP contribution in [0.1, 0.15) is 38.5 Å². The van der Waals surface area contributed by atoms with E-state index in [0.29, 0.717) is 5.92 Å². The number of rotatable bonds is 3. The van der Waals surface area contributed by atoms with Gasteiger partial charge >= 0.3 is 6.03 Å². The van der Waals surface area contributed by atoms with Crippen LogP contribution in [0.2, 0.25) is 0 Å². The lowest BCUT2D eigenvalue weighted by Gasteiger charge is -2.38. The monoisotopic (exact) mass is 310 g/mol. The summed E-state index contributed by atoms with van der Waals surface area (Å²) in [5, 5.41) is 6.20. The van der Waals surface area contributed by atoms with E-state index in [1.54, 1.807) is 0 Å². The number of carbonyl (C=O) groups excluding carboxylic acids is 1. The minimum absolute atomic E-state index is 0.00254. The van der Waals surface area contributed by atoms with Crippen molar-refractivity contribution in [1.29, 1.82) is 0 Å². The summed E-state index contributed by atoms with van der Waals surface area (Å²) >= 11 is 1.97. The second-order valence-corrected chi connectivity index (χ2v) is 7.63. The predicted octanol–water partition coefficient (Wildman–Crippen LogP) is 2.70. The van der Waals surface area contributed by atoms with E-state index in [4.69, 9.17) is 4.74 Å². The predicted molar refractivity (Wildman–Crippen MR) is 86.7 cm³/mol. The Morgan fingerprint density at radius 1 is 1.38 bits per heavy atom. The zero-order valence-electron chi connectivity index (χ0n) is 12.6. The normalized spacial score (nSPS) is 35.8. The van der Waals surface area contributed by atoms with E-state index >= 15 is 0 Å². The highest BCUT2D eigenvalue weighted by atomic mass is 32.2. The number of urea groups is 1. The van der Waals surface area contributed by atoms with Crippen LogP contribution in [0.3, 0.4) is 0 Å². The van der Waals surface area contributed by atoms with Gasteiger partial charge in [0.2, 0.25) is 0 Å². The number of hydrogen-bond donors (Lipinski definition) is 2. The molecule has 2 heterocycles. The van der Waals surface area contributed by atoms with Crippen molar-refractivity contribution in [2.24, 2.45) is 5.92 Å². The van der Waals surface area contributed by atoms with Gasteiger partial charge in [-0.05, 0) is 50.2 Å². The summed E-state index contributed by atoms with van der Waals surface area (Å²) in [6.07, 6.45) is 10.9. The van der Waals surface area contributed by atoms with Crippen molar-refractivity contribution in [2.45, 2.75) is 50.2 Å². The highest BCUT2D eigenvalue weighted by Gasteiger charge is 2.40.